The molecule has 70 heavy (non-hydrogen) atoms. The van der Waals surface area contributed by atoms with Crippen LogP contribution in [0.1, 0.15) is 103 Å². The van der Waals surface area contributed by atoms with Crippen molar-refractivity contribution in [3.05, 3.63) is 128 Å². The quantitative estimate of drug-likeness (QED) is 0.0614. The van der Waals surface area contributed by atoms with Gasteiger partial charge in [0.2, 0.25) is 11.6 Å². The van der Waals surface area contributed by atoms with Crippen molar-refractivity contribution in [1.29, 1.82) is 0 Å². The Balaban J connectivity index is 0.00000804. The van der Waals surface area contributed by atoms with Crippen molar-refractivity contribution in [3.8, 4) is 0 Å². The van der Waals surface area contributed by atoms with Gasteiger partial charge < -0.3 is 37.6 Å². The second-order valence-corrected chi connectivity index (χ2v) is 23.3. The SMILES string of the molecule is CC1(C)C(/C=C/C2=C(SCCC(=O)Nc3ccn([C@H]4C[C@H](O)[C@@H](CO)O4)c(=O)n3)C(=C/C=C3/N(CCCCS(=O)(=O)O)c4ccccc4C3(C)C)/CCC2)=[N+](CCCCS(=O)(=O)O)c2ccccc21.[Cl-]. The molecule has 1 fully saturated rings. The van der Waals surface area contributed by atoms with Crippen molar-refractivity contribution in [1.82, 2.24) is 9.55 Å². The molecule has 4 heterocycles. The summed E-state index contributed by atoms with van der Waals surface area (Å²) in [5.41, 5.74) is 7.30. The van der Waals surface area contributed by atoms with Crippen LogP contribution in [0.25, 0.3) is 0 Å². The summed E-state index contributed by atoms with van der Waals surface area (Å²) in [5, 5.41) is 22.4. The van der Waals surface area contributed by atoms with Gasteiger partial charge >= 0.3 is 5.69 Å². The van der Waals surface area contributed by atoms with E-state index in [1.165, 1.54) is 16.8 Å². The molecule has 0 spiro atoms. The predicted octanol–water partition coefficient (Wildman–Crippen LogP) is 3.96. The lowest BCUT2D eigenvalue weighted by molar-refractivity contribution is -0.438. The first-order valence-electron chi connectivity index (χ1n) is 23.5. The number of aliphatic hydroxyl groups is 2. The summed E-state index contributed by atoms with van der Waals surface area (Å²) in [6.07, 6.45) is 12.0. The number of aromatic nitrogens is 2. The maximum absolute atomic E-state index is 13.4. The highest BCUT2D eigenvalue weighted by Crippen LogP contribution is 2.48. The minimum absolute atomic E-state index is 0. The Morgan fingerprint density at radius 1 is 0.914 bits per heavy atom. The van der Waals surface area contributed by atoms with Gasteiger partial charge in [0.1, 0.15) is 24.7 Å². The van der Waals surface area contributed by atoms with Gasteiger partial charge in [-0.2, -0.15) is 26.4 Å². The second-order valence-electron chi connectivity index (χ2n) is 19.0. The zero-order chi connectivity index (χ0) is 49.7. The largest absolute Gasteiger partial charge is 1.00 e. The fourth-order valence-corrected chi connectivity index (χ4v) is 12.2. The Labute approximate surface area is 421 Å². The number of hydrogen-bond acceptors (Lipinski definition) is 12. The molecule has 1 aromatic heterocycles. The Morgan fingerprint density at radius 2 is 1.60 bits per heavy atom. The highest BCUT2D eigenvalue weighted by molar-refractivity contribution is 8.03. The van der Waals surface area contributed by atoms with Gasteiger partial charge in [0.25, 0.3) is 20.2 Å². The number of halogens is 1. The van der Waals surface area contributed by atoms with Gasteiger partial charge in [0.05, 0.1) is 29.6 Å². The van der Waals surface area contributed by atoms with Crippen LogP contribution in [0.5, 0.6) is 0 Å². The van der Waals surface area contributed by atoms with E-state index in [2.05, 4.69) is 96.0 Å². The molecule has 0 radical (unpaired) electrons. The van der Waals surface area contributed by atoms with Crippen LogP contribution >= 0.6 is 11.8 Å². The number of ether oxygens (including phenoxy) is 1. The molecule has 3 aromatic rings. The van der Waals surface area contributed by atoms with Gasteiger partial charge in [-0.15, -0.1) is 11.8 Å². The Kier molecular flexibility index (Phi) is 18.0. The molecule has 1 amide bonds. The molecule has 3 aliphatic heterocycles. The number of allylic oxidation sites excluding steroid dienone is 7. The fourth-order valence-electron chi connectivity index (χ4n) is 9.84. The van der Waals surface area contributed by atoms with Gasteiger partial charge in [0, 0.05) is 77.2 Å². The maximum atomic E-state index is 13.4. The third-order valence-electron chi connectivity index (χ3n) is 13.4. The summed E-state index contributed by atoms with van der Waals surface area (Å²) in [6, 6.07) is 17.9. The van der Waals surface area contributed by atoms with Gasteiger partial charge in [0.15, 0.2) is 5.71 Å². The normalized spacial score (nSPS) is 22.0. The molecular weight excluding hydrogens is 978 g/mol. The zero-order valence-electron chi connectivity index (χ0n) is 40.0. The number of fused-ring (bicyclic) bond motifs is 2. The second kappa shape index (κ2) is 23.0. The van der Waals surface area contributed by atoms with Crippen LogP contribution in [-0.2, 0) is 40.6 Å². The minimum atomic E-state index is -4.08. The van der Waals surface area contributed by atoms with Gasteiger partial charge in [-0.1, -0.05) is 62.4 Å². The molecule has 5 N–H and O–H groups in total. The van der Waals surface area contributed by atoms with Crippen LogP contribution in [0.3, 0.4) is 0 Å². The molecule has 16 nitrogen and oxygen atoms in total. The van der Waals surface area contributed by atoms with E-state index in [9.17, 15) is 45.7 Å². The fraction of sp³-hybridized carbons (Fsp3) is 0.480. The van der Waals surface area contributed by atoms with Crippen LogP contribution in [0.2, 0.25) is 0 Å². The van der Waals surface area contributed by atoms with E-state index in [1.807, 2.05) is 24.3 Å². The van der Waals surface area contributed by atoms with Crippen molar-refractivity contribution in [2.75, 3.05) is 47.2 Å². The molecule has 7 rings (SSSR count). The highest BCUT2D eigenvalue weighted by atomic mass is 35.5. The molecule has 0 bridgehead atoms. The third kappa shape index (κ3) is 13.0. The van der Waals surface area contributed by atoms with Gasteiger partial charge in [-0.3, -0.25) is 18.5 Å². The Morgan fingerprint density at radius 3 is 2.29 bits per heavy atom. The van der Waals surface area contributed by atoms with Crippen molar-refractivity contribution in [2.45, 2.75) is 115 Å². The number of aliphatic hydroxyl groups excluding tert-OH is 2. The van der Waals surface area contributed by atoms with Crippen molar-refractivity contribution < 1.29 is 62.7 Å². The predicted molar refractivity (Wildman–Crippen MR) is 269 cm³/mol. The molecule has 1 saturated heterocycles. The van der Waals surface area contributed by atoms with E-state index in [1.54, 1.807) is 11.8 Å². The molecule has 0 saturated carbocycles. The van der Waals surface area contributed by atoms with E-state index >= 15 is 0 Å². The first-order valence-corrected chi connectivity index (χ1v) is 27.7. The smallest absolute Gasteiger partial charge is 0.351 e. The number of anilines is 2. The van der Waals surface area contributed by atoms with Crippen molar-refractivity contribution in [2.24, 2.45) is 0 Å². The number of carbonyl (C=O) groups is 1. The topological polar surface area (TPSA) is 229 Å². The highest BCUT2D eigenvalue weighted by Gasteiger charge is 2.44. The number of hydrogen-bond donors (Lipinski definition) is 5. The Bertz CT molecular complexity index is 2870. The molecule has 20 heteroatoms. The van der Waals surface area contributed by atoms with E-state index in [-0.39, 0.29) is 65.9 Å². The van der Waals surface area contributed by atoms with E-state index < -0.39 is 44.4 Å². The molecule has 1 aliphatic carbocycles. The summed E-state index contributed by atoms with van der Waals surface area (Å²) in [4.78, 5) is 33.7. The molecule has 380 valence electrons. The lowest BCUT2D eigenvalue weighted by atomic mass is 9.81. The average Bonchev–Trinajstić information content (AvgIpc) is 3.84. The van der Waals surface area contributed by atoms with Crippen molar-refractivity contribution >= 4 is 60.8 Å². The number of amides is 1. The van der Waals surface area contributed by atoms with E-state index in [4.69, 9.17) is 4.74 Å². The average molecular weight is 1040 g/mol. The number of benzene rings is 2. The molecule has 4 aliphatic rings. The maximum Gasteiger partial charge on any atom is 0.351 e. The van der Waals surface area contributed by atoms with Crippen LogP contribution < -0.4 is 28.3 Å². The minimum Gasteiger partial charge on any atom is -1.00 e. The number of rotatable bonds is 20. The van der Waals surface area contributed by atoms with Crippen LogP contribution in [-0.4, -0.2) is 111 Å². The molecule has 2 aromatic carbocycles. The molecule has 0 unspecified atom stereocenters. The summed E-state index contributed by atoms with van der Waals surface area (Å²) in [5.74, 6) is -0.457. The monoisotopic (exact) mass is 1040 g/mol. The number of nitrogens with zero attached hydrogens (tertiary/aromatic N) is 4. The number of thioether (sulfide) groups is 1. The van der Waals surface area contributed by atoms with Gasteiger partial charge in [-0.05, 0) is 87.3 Å². The van der Waals surface area contributed by atoms with E-state index in [0.717, 1.165) is 69.2 Å². The van der Waals surface area contributed by atoms with Crippen molar-refractivity contribution in [3.63, 3.8) is 0 Å². The number of para-hydroxylation sites is 2. The zero-order valence-corrected chi connectivity index (χ0v) is 43.2. The third-order valence-corrected chi connectivity index (χ3v) is 16.2. The molecule has 3 atom stereocenters. The van der Waals surface area contributed by atoms with Crippen LogP contribution in [0.4, 0.5) is 17.2 Å². The molecular formula is C50H64ClN5O11S3. The Hall–Kier alpha value is -4.44. The number of unbranched alkanes of at least 4 members (excludes halogenated alkanes) is 2. The number of nitrogens with one attached hydrogen (secondary N) is 1. The van der Waals surface area contributed by atoms with Crippen LogP contribution in [0.15, 0.2) is 112 Å². The van der Waals surface area contributed by atoms with Crippen LogP contribution in [0, 0.1) is 0 Å². The summed E-state index contributed by atoms with van der Waals surface area (Å²) >= 11 is 1.58. The first kappa shape index (κ1) is 54.9. The first-order chi connectivity index (χ1) is 32.7. The van der Waals surface area contributed by atoms with Gasteiger partial charge in [-0.25, -0.2) is 4.79 Å². The lowest BCUT2D eigenvalue weighted by Crippen LogP contribution is -3.00. The summed E-state index contributed by atoms with van der Waals surface area (Å²) < 4.78 is 74.1. The summed E-state index contributed by atoms with van der Waals surface area (Å²) in [7, 11) is -8.17. The number of carbonyl (C=O) groups excluding carboxylic acids is 1. The lowest BCUT2D eigenvalue weighted by Gasteiger charge is -2.27. The standard InChI is InChI=1S/C50H63N5O11S3.ClH/c1-49(2)36-16-5-7-18-38(36)53(26-9-11-30-68(60,61)62)42(49)22-20-34-14-13-15-35(21-23-43-50(3,4)37-17-6-8-19-39(37)54(43)27-10-12-31-69(63,64)65)47(34)67-29-25-45(58)51-44-24-28-55(48(59)52-44)46-32-40(57)41(33-56)66-46;/h5-8,16-24,28,40-41,46,56-57H,9-15,25-27,29-33H2,1-4H3,(H2-,51,52,58,59,60,61,62,63,64,65);1H/t40-,41+,46+;/m0./s1. The summed E-state index contributed by atoms with van der Waals surface area (Å²) in [6.45, 7) is 9.43. The van der Waals surface area contributed by atoms with E-state index in [0.29, 0.717) is 44.5 Å².